The van der Waals surface area contributed by atoms with Gasteiger partial charge >= 0.3 is 5.97 Å². The number of amides is 1. The fourth-order valence-electron chi connectivity index (χ4n) is 3.21. The van der Waals surface area contributed by atoms with Crippen molar-refractivity contribution in [3.63, 3.8) is 0 Å². The number of hydrogen-bond acceptors (Lipinski definition) is 6. The van der Waals surface area contributed by atoms with Crippen molar-refractivity contribution in [1.29, 1.82) is 5.41 Å². The summed E-state index contributed by atoms with van der Waals surface area (Å²) in [5.74, 6) is -0.311. The lowest BCUT2D eigenvalue weighted by atomic mass is 10.1. The summed E-state index contributed by atoms with van der Waals surface area (Å²) >= 11 is 0. The van der Waals surface area contributed by atoms with Crippen molar-refractivity contribution in [1.82, 2.24) is 15.1 Å². The van der Waals surface area contributed by atoms with Crippen molar-refractivity contribution in [2.45, 2.75) is 27.0 Å². The summed E-state index contributed by atoms with van der Waals surface area (Å²) in [6.07, 6.45) is 0. The number of hydrogen-bond donors (Lipinski definition) is 3. The van der Waals surface area contributed by atoms with Gasteiger partial charge in [-0.3, -0.25) is 14.9 Å². The molecule has 0 fully saturated rings. The van der Waals surface area contributed by atoms with Gasteiger partial charge in [0.15, 0.2) is 0 Å². The second-order valence-corrected chi connectivity index (χ2v) is 7.44. The van der Waals surface area contributed by atoms with Crippen LogP contribution in [0.1, 0.15) is 50.2 Å². The topological polar surface area (TPSA) is 132 Å². The Kier molecular flexibility index (Phi) is 9.20. The van der Waals surface area contributed by atoms with Crippen LogP contribution in [0.2, 0.25) is 0 Å². The molecule has 9 nitrogen and oxygen atoms in total. The molecule has 0 radical (unpaired) electrons. The number of amidine groups is 1. The first kappa shape index (κ1) is 26.4. The number of nitrogens with two attached hydrogens (primary N) is 1. The number of benzene rings is 2. The molecule has 0 saturated heterocycles. The molecule has 3 rings (SSSR count). The predicted molar refractivity (Wildman–Crippen MR) is 131 cm³/mol. The van der Waals surface area contributed by atoms with Crippen LogP contribution in [0.3, 0.4) is 0 Å². The van der Waals surface area contributed by atoms with Gasteiger partial charge in [-0.2, -0.15) is 5.10 Å². The van der Waals surface area contributed by atoms with Gasteiger partial charge in [0.25, 0.3) is 5.91 Å². The number of rotatable bonds is 9. The van der Waals surface area contributed by atoms with E-state index in [1.807, 2.05) is 25.1 Å². The summed E-state index contributed by atoms with van der Waals surface area (Å²) in [5.41, 5.74) is 9.24. The quantitative estimate of drug-likeness (QED) is 0.242. The maximum absolute atomic E-state index is 12.5. The van der Waals surface area contributed by atoms with Gasteiger partial charge < -0.3 is 20.5 Å². The zero-order valence-electron chi connectivity index (χ0n) is 19.3. The lowest BCUT2D eigenvalue weighted by Crippen LogP contribution is -2.23. The standard InChI is InChI=1S/C24H27N5O4.ClH/c1-4-32-24(31)20-12-19(28-29(20)3)14-33-21-11-16(22(25)26)8-9-18(21)13-27-23(30)17-7-5-6-15(2)10-17;/h5-12H,4,13-14H2,1-3H3,(H3,25,26)(H,27,30);1H. The number of nitrogen functional groups attached to an aromatic ring is 1. The summed E-state index contributed by atoms with van der Waals surface area (Å²) in [7, 11) is 1.65. The molecule has 0 aliphatic rings. The molecule has 10 heteroatoms. The summed E-state index contributed by atoms with van der Waals surface area (Å²) < 4.78 is 12.4. The third-order valence-corrected chi connectivity index (χ3v) is 4.89. The minimum absolute atomic E-state index is 0. The van der Waals surface area contributed by atoms with Crippen LogP contribution in [0.4, 0.5) is 0 Å². The Bertz CT molecular complexity index is 1190. The fraction of sp³-hybridized carbons (Fsp3) is 0.250. The zero-order chi connectivity index (χ0) is 24.0. The SMILES string of the molecule is CCOC(=O)c1cc(COc2cc(C(=N)N)ccc2CNC(=O)c2cccc(C)c2)nn1C.Cl. The molecule has 3 aromatic rings. The van der Waals surface area contributed by atoms with Crippen molar-refractivity contribution >= 4 is 30.1 Å². The number of nitrogens with zero attached hydrogens (tertiary/aromatic N) is 2. The Labute approximate surface area is 204 Å². The summed E-state index contributed by atoms with van der Waals surface area (Å²) in [4.78, 5) is 24.5. The average Bonchev–Trinajstić information content (AvgIpc) is 3.17. The van der Waals surface area contributed by atoms with E-state index in [0.29, 0.717) is 33.8 Å². The number of carbonyl (C=O) groups excluding carboxylic acids is 2. The molecule has 4 N–H and O–H groups in total. The first-order chi connectivity index (χ1) is 15.8. The third kappa shape index (κ3) is 6.58. The highest BCUT2D eigenvalue weighted by Gasteiger charge is 2.16. The molecule has 1 amide bonds. The van der Waals surface area contributed by atoms with Gasteiger partial charge in [0.1, 0.15) is 29.6 Å². The van der Waals surface area contributed by atoms with Crippen LogP contribution in [0.15, 0.2) is 48.5 Å². The zero-order valence-corrected chi connectivity index (χ0v) is 20.1. The van der Waals surface area contributed by atoms with E-state index in [0.717, 1.165) is 5.56 Å². The predicted octanol–water partition coefficient (Wildman–Crippen LogP) is 3.12. The first-order valence-corrected chi connectivity index (χ1v) is 10.4. The Morgan fingerprint density at radius 2 is 1.91 bits per heavy atom. The molecule has 0 unspecified atom stereocenters. The Balaban J connectivity index is 0.00000408. The van der Waals surface area contributed by atoms with Gasteiger partial charge in [-0.15, -0.1) is 12.4 Å². The number of halogens is 1. The number of nitrogens with one attached hydrogen (secondary N) is 2. The van der Waals surface area contributed by atoms with Crippen LogP contribution < -0.4 is 15.8 Å². The van der Waals surface area contributed by atoms with Crippen molar-refractivity contribution in [3.8, 4) is 5.75 Å². The van der Waals surface area contributed by atoms with Crippen LogP contribution in [-0.4, -0.2) is 34.1 Å². The van der Waals surface area contributed by atoms with Gasteiger partial charge in [0.2, 0.25) is 0 Å². The maximum Gasteiger partial charge on any atom is 0.356 e. The van der Waals surface area contributed by atoms with E-state index in [1.165, 1.54) is 4.68 Å². The Morgan fingerprint density at radius 1 is 1.15 bits per heavy atom. The number of aromatic nitrogens is 2. The molecular formula is C24H28ClN5O4. The highest BCUT2D eigenvalue weighted by molar-refractivity contribution is 5.96. The second-order valence-electron chi connectivity index (χ2n) is 7.44. The van der Waals surface area contributed by atoms with Crippen LogP contribution in [0.25, 0.3) is 0 Å². The first-order valence-electron chi connectivity index (χ1n) is 10.4. The molecular weight excluding hydrogens is 458 g/mol. The van der Waals surface area contributed by atoms with E-state index < -0.39 is 5.97 Å². The lowest BCUT2D eigenvalue weighted by molar-refractivity contribution is 0.0513. The van der Waals surface area contributed by atoms with Crippen LogP contribution in [0, 0.1) is 12.3 Å². The van der Waals surface area contributed by atoms with E-state index in [-0.39, 0.29) is 43.9 Å². The number of ether oxygens (including phenoxy) is 2. The van der Waals surface area contributed by atoms with Gasteiger partial charge in [-0.05, 0) is 38.1 Å². The molecule has 0 spiro atoms. The minimum atomic E-state index is -0.461. The molecule has 0 atom stereocenters. The molecule has 1 heterocycles. The number of carbonyl (C=O) groups is 2. The highest BCUT2D eigenvalue weighted by atomic mass is 35.5. The Hall–Kier alpha value is -3.85. The number of esters is 1. The van der Waals surface area contributed by atoms with E-state index in [1.54, 1.807) is 44.3 Å². The lowest BCUT2D eigenvalue weighted by Gasteiger charge is -2.13. The molecule has 0 saturated carbocycles. The van der Waals surface area contributed by atoms with Gasteiger partial charge in [-0.1, -0.05) is 29.8 Å². The molecule has 0 bridgehead atoms. The van der Waals surface area contributed by atoms with E-state index in [9.17, 15) is 9.59 Å². The molecule has 2 aromatic carbocycles. The largest absolute Gasteiger partial charge is 0.487 e. The van der Waals surface area contributed by atoms with Crippen molar-refractivity contribution in [3.05, 3.63) is 82.2 Å². The average molecular weight is 486 g/mol. The molecule has 1 aromatic heterocycles. The van der Waals surface area contributed by atoms with Crippen LogP contribution >= 0.6 is 12.4 Å². The van der Waals surface area contributed by atoms with E-state index in [2.05, 4.69) is 10.4 Å². The van der Waals surface area contributed by atoms with Gasteiger partial charge in [0.05, 0.1) is 6.61 Å². The highest BCUT2D eigenvalue weighted by Crippen LogP contribution is 2.22. The van der Waals surface area contributed by atoms with Gasteiger partial charge in [0, 0.05) is 30.3 Å². The van der Waals surface area contributed by atoms with Crippen LogP contribution in [-0.2, 0) is 24.9 Å². The number of aryl methyl sites for hydroxylation is 2. The molecule has 0 aliphatic heterocycles. The monoisotopic (exact) mass is 485 g/mol. The van der Waals surface area contributed by atoms with E-state index in [4.69, 9.17) is 20.6 Å². The minimum Gasteiger partial charge on any atom is -0.487 e. The smallest absolute Gasteiger partial charge is 0.356 e. The fourth-order valence-corrected chi connectivity index (χ4v) is 3.21. The van der Waals surface area contributed by atoms with E-state index >= 15 is 0 Å². The maximum atomic E-state index is 12.5. The van der Waals surface area contributed by atoms with Gasteiger partial charge in [-0.25, -0.2) is 4.79 Å². The second kappa shape index (κ2) is 11.9. The molecule has 0 aliphatic carbocycles. The molecule has 180 valence electrons. The summed E-state index contributed by atoms with van der Waals surface area (Å²) in [6.45, 7) is 4.23. The van der Waals surface area contributed by atoms with Crippen molar-refractivity contribution < 1.29 is 19.1 Å². The van der Waals surface area contributed by atoms with Crippen LogP contribution in [0.5, 0.6) is 5.75 Å². The summed E-state index contributed by atoms with van der Waals surface area (Å²) in [6, 6.07) is 14.0. The third-order valence-electron chi connectivity index (χ3n) is 4.89. The molecule has 34 heavy (non-hydrogen) atoms. The summed E-state index contributed by atoms with van der Waals surface area (Å²) in [5, 5.41) is 14.9. The van der Waals surface area contributed by atoms with Crippen molar-refractivity contribution in [2.75, 3.05) is 6.61 Å². The van der Waals surface area contributed by atoms with Crippen molar-refractivity contribution in [2.24, 2.45) is 12.8 Å². The Morgan fingerprint density at radius 3 is 2.59 bits per heavy atom. The normalized spacial score (nSPS) is 10.2.